The summed E-state index contributed by atoms with van der Waals surface area (Å²) in [7, 11) is 0. The number of hydrogen-bond donors (Lipinski definition) is 0. The zero-order chi connectivity index (χ0) is 24.1. The predicted octanol–water partition coefficient (Wildman–Crippen LogP) is 4.63. The number of aryl methyl sites for hydroxylation is 1. The summed E-state index contributed by atoms with van der Waals surface area (Å²) < 4.78 is 27.3. The van der Waals surface area contributed by atoms with Crippen LogP contribution in [0.3, 0.4) is 0 Å². The maximum absolute atomic E-state index is 13.7. The van der Waals surface area contributed by atoms with Crippen molar-refractivity contribution in [1.82, 2.24) is 19.9 Å². The number of nitrogens with zero attached hydrogens (tertiary/aromatic N) is 5. The first-order valence-corrected chi connectivity index (χ1v) is 11.7. The molecule has 0 saturated carbocycles. The first-order valence-electron chi connectivity index (χ1n) is 11.7. The summed E-state index contributed by atoms with van der Waals surface area (Å²) in [6.45, 7) is 4.09. The van der Waals surface area contributed by atoms with Crippen molar-refractivity contribution in [2.45, 2.75) is 19.4 Å². The predicted molar refractivity (Wildman–Crippen MR) is 129 cm³/mol. The number of pyridine rings is 1. The molecule has 2 aliphatic rings. The molecule has 1 amide bonds. The van der Waals surface area contributed by atoms with Gasteiger partial charge in [0.1, 0.15) is 5.82 Å². The van der Waals surface area contributed by atoms with E-state index in [1.165, 1.54) is 0 Å². The summed E-state index contributed by atoms with van der Waals surface area (Å²) in [5.41, 5.74) is 3.89. The Morgan fingerprint density at radius 2 is 1.83 bits per heavy atom. The van der Waals surface area contributed by atoms with Crippen LogP contribution >= 0.6 is 0 Å². The molecule has 0 spiro atoms. The Morgan fingerprint density at radius 1 is 1.00 bits per heavy atom. The van der Waals surface area contributed by atoms with Crippen molar-refractivity contribution in [3.63, 3.8) is 0 Å². The molecule has 8 heteroatoms. The highest BCUT2D eigenvalue weighted by Gasteiger charge is 2.45. The fourth-order valence-electron chi connectivity index (χ4n) is 5.12. The highest BCUT2D eigenvalue weighted by Crippen LogP contribution is 2.36. The van der Waals surface area contributed by atoms with Crippen LogP contribution in [0.5, 0.6) is 0 Å². The van der Waals surface area contributed by atoms with E-state index in [-0.39, 0.29) is 11.9 Å². The third-order valence-corrected chi connectivity index (χ3v) is 7.06. The molecule has 6 nitrogen and oxygen atoms in total. The number of rotatable bonds is 3. The third-order valence-electron chi connectivity index (χ3n) is 7.06. The van der Waals surface area contributed by atoms with Gasteiger partial charge < -0.3 is 9.80 Å². The van der Waals surface area contributed by atoms with Crippen molar-refractivity contribution < 1.29 is 13.6 Å². The van der Waals surface area contributed by atoms with E-state index in [0.717, 1.165) is 48.5 Å². The van der Waals surface area contributed by atoms with E-state index in [1.807, 2.05) is 48.2 Å². The molecule has 35 heavy (non-hydrogen) atoms. The van der Waals surface area contributed by atoms with E-state index in [1.54, 1.807) is 12.4 Å². The van der Waals surface area contributed by atoms with Gasteiger partial charge >= 0.3 is 0 Å². The molecule has 0 aliphatic carbocycles. The number of benzene rings is 2. The second-order valence-electron chi connectivity index (χ2n) is 9.27. The molecule has 6 rings (SSSR count). The first-order chi connectivity index (χ1) is 17.0. The highest BCUT2D eigenvalue weighted by molar-refractivity contribution is 6.01. The second-order valence-corrected chi connectivity index (χ2v) is 9.27. The van der Waals surface area contributed by atoms with Crippen LogP contribution in [0.2, 0.25) is 0 Å². The van der Waals surface area contributed by atoms with Crippen molar-refractivity contribution in [1.29, 1.82) is 0 Å². The first kappa shape index (κ1) is 21.6. The van der Waals surface area contributed by atoms with Gasteiger partial charge in [0.15, 0.2) is 11.6 Å². The number of hydrogen-bond acceptors (Lipinski definition) is 5. The standard InChI is InChI=1S/C27H23F2N5O/c1-16-5-6-18(22-4-2-3-8-30-22)19(10-16)27(35)34-14-17-7-9-33(15-25(17)34)26-13-31-23-11-20(28)21(29)12-24(23)32-26/h2-6,8,10-13,17,25H,7,9,14-15H2,1H3/t17-,25-/m1/s1. The number of aromatic nitrogens is 3. The van der Waals surface area contributed by atoms with Crippen LogP contribution in [0.25, 0.3) is 22.3 Å². The van der Waals surface area contributed by atoms with Gasteiger partial charge in [-0.3, -0.25) is 14.8 Å². The largest absolute Gasteiger partial charge is 0.353 e. The molecule has 2 atom stereocenters. The Bertz CT molecular complexity index is 1440. The number of amides is 1. The van der Waals surface area contributed by atoms with Crippen molar-refractivity contribution in [3.8, 4) is 11.3 Å². The quantitative estimate of drug-likeness (QED) is 0.436. The van der Waals surface area contributed by atoms with E-state index in [2.05, 4.69) is 19.9 Å². The lowest BCUT2D eigenvalue weighted by Crippen LogP contribution is -2.65. The van der Waals surface area contributed by atoms with Gasteiger partial charge in [-0.15, -0.1) is 0 Å². The van der Waals surface area contributed by atoms with Crippen molar-refractivity contribution in [3.05, 3.63) is 83.7 Å². The Labute approximate surface area is 201 Å². The van der Waals surface area contributed by atoms with Gasteiger partial charge in [0, 0.05) is 55.0 Å². The minimum Gasteiger partial charge on any atom is -0.353 e. The van der Waals surface area contributed by atoms with E-state index in [0.29, 0.717) is 34.9 Å². The van der Waals surface area contributed by atoms with Crippen LogP contribution in [-0.2, 0) is 0 Å². The summed E-state index contributed by atoms with van der Waals surface area (Å²) in [6, 6.07) is 13.8. The van der Waals surface area contributed by atoms with Crippen LogP contribution in [0, 0.1) is 24.5 Å². The Kier molecular flexibility index (Phi) is 5.16. The molecule has 176 valence electrons. The number of anilines is 1. The maximum Gasteiger partial charge on any atom is 0.254 e. The van der Waals surface area contributed by atoms with Gasteiger partial charge in [0.25, 0.3) is 5.91 Å². The Morgan fingerprint density at radius 3 is 2.63 bits per heavy atom. The fraction of sp³-hybridized carbons (Fsp3) is 0.259. The summed E-state index contributed by atoms with van der Waals surface area (Å²) >= 11 is 0. The smallest absolute Gasteiger partial charge is 0.254 e. The molecule has 4 aromatic rings. The molecular weight excluding hydrogens is 448 g/mol. The van der Waals surface area contributed by atoms with Crippen LogP contribution in [0.4, 0.5) is 14.6 Å². The van der Waals surface area contributed by atoms with Gasteiger partial charge in [-0.1, -0.05) is 23.8 Å². The molecule has 2 fully saturated rings. The lowest BCUT2D eigenvalue weighted by atomic mass is 9.81. The summed E-state index contributed by atoms with van der Waals surface area (Å²) in [4.78, 5) is 30.9. The lowest BCUT2D eigenvalue weighted by molar-refractivity contribution is 0.00786. The monoisotopic (exact) mass is 471 g/mol. The zero-order valence-corrected chi connectivity index (χ0v) is 19.2. The maximum atomic E-state index is 13.7. The number of halogens is 2. The van der Waals surface area contributed by atoms with E-state index in [9.17, 15) is 13.6 Å². The van der Waals surface area contributed by atoms with Crippen molar-refractivity contribution >= 4 is 22.8 Å². The zero-order valence-electron chi connectivity index (χ0n) is 19.2. The number of carbonyl (C=O) groups excluding carboxylic acids is 1. The van der Waals surface area contributed by atoms with Gasteiger partial charge in [-0.05, 0) is 31.5 Å². The van der Waals surface area contributed by atoms with Gasteiger partial charge in [-0.2, -0.15) is 0 Å². The minimum atomic E-state index is -0.944. The molecular formula is C27H23F2N5O. The normalized spacial score (nSPS) is 19.4. The van der Waals surface area contributed by atoms with Crippen molar-refractivity contribution in [2.24, 2.45) is 5.92 Å². The number of fused-ring (bicyclic) bond motifs is 2. The molecule has 2 aromatic heterocycles. The average Bonchev–Trinajstić information content (AvgIpc) is 2.85. The molecule has 2 saturated heterocycles. The summed E-state index contributed by atoms with van der Waals surface area (Å²) in [5, 5.41) is 0. The van der Waals surface area contributed by atoms with Gasteiger partial charge in [0.2, 0.25) is 0 Å². The molecule has 2 aliphatic heterocycles. The highest BCUT2D eigenvalue weighted by atomic mass is 19.2. The molecule has 0 unspecified atom stereocenters. The molecule has 0 bridgehead atoms. The van der Waals surface area contributed by atoms with Crippen LogP contribution in [-0.4, -0.2) is 51.4 Å². The van der Waals surface area contributed by atoms with E-state index >= 15 is 0 Å². The minimum absolute atomic E-state index is 0.000375. The third kappa shape index (κ3) is 3.79. The fourth-order valence-corrected chi connectivity index (χ4v) is 5.12. The molecule has 4 heterocycles. The van der Waals surface area contributed by atoms with Gasteiger partial charge in [0.05, 0.1) is 29.0 Å². The van der Waals surface area contributed by atoms with Crippen LogP contribution in [0.15, 0.2) is 60.9 Å². The van der Waals surface area contributed by atoms with E-state index in [4.69, 9.17) is 0 Å². The van der Waals surface area contributed by atoms with E-state index < -0.39 is 11.6 Å². The summed E-state index contributed by atoms with van der Waals surface area (Å²) in [5.74, 6) is -0.852. The molecule has 0 radical (unpaired) electrons. The number of piperidine rings is 1. The lowest BCUT2D eigenvalue weighted by Gasteiger charge is -2.53. The number of carbonyl (C=O) groups is 1. The van der Waals surface area contributed by atoms with Gasteiger partial charge in [-0.25, -0.2) is 13.8 Å². The summed E-state index contributed by atoms with van der Waals surface area (Å²) in [6.07, 6.45) is 4.24. The average molecular weight is 472 g/mol. The SMILES string of the molecule is Cc1ccc(-c2ccccn2)c(C(=O)N2C[C@H]3CCN(c4cnc5cc(F)c(F)cc5n4)C[C@H]32)c1. The van der Waals surface area contributed by atoms with Crippen LogP contribution < -0.4 is 4.90 Å². The Balaban J connectivity index is 1.26. The molecule has 2 aromatic carbocycles. The second kappa shape index (κ2) is 8.37. The topological polar surface area (TPSA) is 62.2 Å². The van der Waals surface area contributed by atoms with Crippen LogP contribution in [0.1, 0.15) is 22.3 Å². The van der Waals surface area contributed by atoms with Crippen molar-refractivity contribution in [2.75, 3.05) is 24.5 Å². The number of likely N-dealkylation sites (tertiary alicyclic amines) is 1. The molecule has 0 N–H and O–H groups in total. The Hall–Kier alpha value is -3.94.